The summed E-state index contributed by atoms with van der Waals surface area (Å²) in [5.41, 5.74) is 3.81. The van der Waals surface area contributed by atoms with Crippen molar-refractivity contribution >= 4 is 24.7 Å². The molecule has 1 unspecified atom stereocenters. The highest BCUT2D eigenvalue weighted by atomic mass is 32.2. The van der Waals surface area contributed by atoms with E-state index in [9.17, 15) is 9.67 Å². The maximum atomic E-state index is 13.9. The predicted octanol–water partition coefficient (Wildman–Crippen LogP) is 6.47. The number of aliphatic hydroxyl groups excluding tert-OH is 1. The van der Waals surface area contributed by atoms with E-state index >= 15 is 0 Å². The first kappa shape index (κ1) is 20.9. The second kappa shape index (κ2) is 7.72. The lowest BCUT2D eigenvalue weighted by atomic mass is 9.97. The fourth-order valence-electron chi connectivity index (χ4n) is 3.54. The molecule has 1 saturated heterocycles. The van der Waals surface area contributed by atoms with Crippen molar-refractivity contribution in [1.29, 1.82) is 0 Å². The first-order valence-electron chi connectivity index (χ1n) is 9.83. The molecule has 0 spiro atoms. The number of aliphatic hydroxyl groups is 1. The molecule has 0 bridgehead atoms. The Bertz CT molecular complexity index is 996. The monoisotopic (exact) mass is 430 g/mol. The Labute approximate surface area is 176 Å². The van der Waals surface area contributed by atoms with Gasteiger partial charge in [0.1, 0.15) is 0 Å². The minimum absolute atomic E-state index is 0.180. The van der Waals surface area contributed by atoms with Crippen LogP contribution in [0.15, 0.2) is 52.3 Å². The lowest BCUT2D eigenvalue weighted by molar-refractivity contribution is 0.0467. The van der Waals surface area contributed by atoms with Gasteiger partial charge in [-0.3, -0.25) is 4.57 Å². The molecule has 2 aromatic rings. The topological polar surface area (TPSA) is 55.8 Å². The van der Waals surface area contributed by atoms with Crippen LogP contribution in [0.1, 0.15) is 48.6 Å². The Kier molecular flexibility index (Phi) is 5.56. The van der Waals surface area contributed by atoms with Crippen molar-refractivity contribution in [1.82, 2.24) is 0 Å². The molecule has 2 aromatic carbocycles. The average Bonchev–Trinajstić information content (AvgIpc) is 2.67. The number of thioether (sulfide) groups is 1. The summed E-state index contributed by atoms with van der Waals surface area (Å²) in [4.78, 5) is 1.83. The third-order valence-electron chi connectivity index (χ3n) is 5.25. The Balaban J connectivity index is 1.83. The SMILES string of the molecule is Cc1ccc(/C(=C2/CC(O)c3cc(C)ccc3S2)P2(=O)OCC(C)(C)CO2)cc1. The van der Waals surface area contributed by atoms with Crippen LogP contribution in [0.4, 0.5) is 0 Å². The number of aryl methyl sites for hydroxylation is 2. The molecule has 4 nitrogen and oxygen atoms in total. The molecule has 1 atom stereocenters. The number of fused-ring (bicyclic) bond motifs is 1. The van der Waals surface area contributed by atoms with Gasteiger partial charge in [0.25, 0.3) is 0 Å². The van der Waals surface area contributed by atoms with Crippen LogP contribution >= 0.6 is 19.4 Å². The molecule has 2 aliphatic heterocycles. The van der Waals surface area contributed by atoms with Crippen LogP contribution in [-0.4, -0.2) is 18.3 Å². The van der Waals surface area contributed by atoms with Crippen LogP contribution in [0.3, 0.4) is 0 Å². The molecule has 0 radical (unpaired) electrons. The molecular weight excluding hydrogens is 403 g/mol. The summed E-state index contributed by atoms with van der Waals surface area (Å²) in [7, 11) is -3.51. The fraction of sp³-hybridized carbons (Fsp3) is 0.391. The normalized spacial score (nSPS) is 24.7. The van der Waals surface area contributed by atoms with Crippen molar-refractivity contribution in [2.45, 2.75) is 45.1 Å². The Morgan fingerprint density at radius 3 is 2.34 bits per heavy atom. The highest BCUT2D eigenvalue weighted by Gasteiger charge is 2.42. The molecule has 4 rings (SSSR count). The highest BCUT2D eigenvalue weighted by Crippen LogP contribution is 2.67. The third kappa shape index (κ3) is 4.26. The first-order valence-corrected chi connectivity index (χ1v) is 12.2. The Morgan fingerprint density at radius 1 is 1.07 bits per heavy atom. The predicted molar refractivity (Wildman–Crippen MR) is 118 cm³/mol. The van der Waals surface area contributed by atoms with Gasteiger partial charge in [-0.15, -0.1) is 0 Å². The minimum Gasteiger partial charge on any atom is -0.388 e. The molecule has 0 aromatic heterocycles. The Hall–Kier alpha value is -1.36. The summed E-state index contributed by atoms with van der Waals surface area (Å²) in [5, 5.41) is 11.4. The van der Waals surface area contributed by atoms with Crippen LogP contribution in [0.2, 0.25) is 0 Å². The maximum absolute atomic E-state index is 13.9. The summed E-state index contributed by atoms with van der Waals surface area (Å²) >= 11 is 1.56. The summed E-state index contributed by atoms with van der Waals surface area (Å²) in [6, 6.07) is 14.0. The largest absolute Gasteiger partial charge is 0.388 e. The van der Waals surface area contributed by atoms with Gasteiger partial charge in [0.05, 0.1) is 24.6 Å². The second-order valence-corrected chi connectivity index (χ2v) is 11.8. The lowest BCUT2D eigenvalue weighted by Crippen LogP contribution is -2.29. The molecule has 154 valence electrons. The van der Waals surface area contributed by atoms with Crippen molar-refractivity contribution in [2.75, 3.05) is 13.2 Å². The first-order chi connectivity index (χ1) is 13.7. The van der Waals surface area contributed by atoms with Gasteiger partial charge in [-0.2, -0.15) is 0 Å². The van der Waals surface area contributed by atoms with Gasteiger partial charge in [-0.05, 0) is 31.0 Å². The van der Waals surface area contributed by atoms with E-state index in [4.69, 9.17) is 9.05 Å². The van der Waals surface area contributed by atoms with Gasteiger partial charge in [0, 0.05) is 21.6 Å². The zero-order chi connectivity index (χ0) is 20.8. The van der Waals surface area contributed by atoms with Crippen LogP contribution in [0.25, 0.3) is 5.31 Å². The lowest BCUT2D eigenvalue weighted by Gasteiger charge is -2.36. The number of hydrogen-bond acceptors (Lipinski definition) is 5. The van der Waals surface area contributed by atoms with Crippen molar-refractivity contribution < 1.29 is 18.7 Å². The quantitative estimate of drug-likeness (QED) is 0.554. The van der Waals surface area contributed by atoms with Gasteiger partial charge in [-0.1, -0.05) is 73.1 Å². The third-order valence-corrected chi connectivity index (χ3v) is 8.62. The maximum Gasteiger partial charge on any atom is 0.362 e. The van der Waals surface area contributed by atoms with Crippen LogP contribution in [0.5, 0.6) is 0 Å². The van der Waals surface area contributed by atoms with Crippen molar-refractivity contribution in [3.63, 3.8) is 0 Å². The molecule has 0 amide bonds. The number of rotatable bonds is 2. The van der Waals surface area contributed by atoms with Gasteiger partial charge >= 0.3 is 7.60 Å². The van der Waals surface area contributed by atoms with E-state index in [1.807, 2.05) is 70.2 Å². The van der Waals surface area contributed by atoms with Gasteiger partial charge in [-0.25, -0.2) is 0 Å². The molecule has 1 N–H and O–H groups in total. The zero-order valence-electron chi connectivity index (χ0n) is 17.3. The molecular formula is C23H27O4PS. The zero-order valence-corrected chi connectivity index (χ0v) is 19.0. The molecule has 2 heterocycles. The van der Waals surface area contributed by atoms with E-state index in [-0.39, 0.29) is 5.41 Å². The molecule has 6 heteroatoms. The van der Waals surface area contributed by atoms with E-state index in [1.165, 1.54) is 0 Å². The fourth-order valence-corrected chi connectivity index (χ4v) is 7.41. The molecule has 0 saturated carbocycles. The summed E-state index contributed by atoms with van der Waals surface area (Å²) < 4.78 is 25.7. The molecule has 1 fully saturated rings. The number of benzene rings is 2. The van der Waals surface area contributed by atoms with E-state index in [2.05, 4.69) is 0 Å². The molecule has 29 heavy (non-hydrogen) atoms. The van der Waals surface area contributed by atoms with E-state index in [1.54, 1.807) is 11.8 Å². The standard InChI is InChI=1S/C23H27O4PS/c1-15-5-8-17(9-6-15)22(28(25)26-13-23(3,4)14-27-28)21-12-19(24)18-11-16(2)7-10-20(18)29-21/h5-11,19,24H,12-14H2,1-4H3/b22-21+. The van der Waals surface area contributed by atoms with Gasteiger partial charge in [0.15, 0.2) is 0 Å². The van der Waals surface area contributed by atoms with Crippen LogP contribution < -0.4 is 0 Å². The second-order valence-electron chi connectivity index (χ2n) is 8.71. The van der Waals surface area contributed by atoms with Crippen LogP contribution in [-0.2, 0) is 13.6 Å². The average molecular weight is 431 g/mol. The van der Waals surface area contributed by atoms with Crippen molar-refractivity contribution in [3.05, 3.63) is 69.6 Å². The van der Waals surface area contributed by atoms with E-state index in [0.29, 0.717) is 24.9 Å². The van der Waals surface area contributed by atoms with Crippen LogP contribution in [0, 0.1) is 19.3 Å². The number of hydrogen-bond donors (Lipinski definition) is 1. The van der Waals surface area contributed by atoms with Crippen molar-refractivity contribution in [2.24, 2.45) is 5.41 Å². The smallest absolute Gasteiger partial charge is 0.362 e. The minimum atomic E-state index is -3.51. The summed E-state index contributed by atoms with van der Waals surface area (Å²) in [5.74, 6) is 0. The summed E-state index contributed by atoms with van der Waals surface area (Å²) in [6.45, 7) is 8.85. The Morgan fingerprint density at radius 2 is 1.69 bits per heavy atom. The van der Waals surface area contributed by atoms with Crippen molar-refractivity contribution in [3.8, 4) is 0 Å². The van der Waals surface area contributed by atoms with E-state index < -0.39 is 13.7 Å². The van der Waals surface area contributed by atoms with Gasteiger partial charge in [0.2, 0.25) is 0 Å². The summed E-state index contributed by atoms with van der Waals surface area (Å²) in [6.07, 6.45) is -0.251. The molecule has 2 aliphatic rings. The highest BCUT2D eigenvalue weighted by molar-refractivity contribution is 8.03. The van der Waals surface area contributed by atoms with Gasteiger partial charge < -0.3 is 14.2 Å². The molecule has 0 aliphatic carbocycles. The van der Waals surface area contributed by atoms with E-state index in [0.717, 1.165) is 32.1 Å².